The molecule has 1 aliphatic rings. The van der Waals surface area contributed by atoms with Gasteiger partial charge in [0, 0.05) is 18.2 Å². The standard InChI is InChI=1S/C15H27NO/c1-11-12(9-8-10-15(11,5)6)16(7)13(17)14(2,3)4/h8-10H2,1-7H3. The zero-order valence-electron chi connectivity index (χ0n) is 12.5. The Bertz CT molecular complexity index is 344. The van der Waals surface area contributed by atoms with E-state index in [0.717, 1.165) is 6.42 Å². The van der Waals surface area contributed by atoms with Crippen LogP contribution in [-0.2, 0) is 4.79 Å². The zero-order valence-corrected chi connectivity index (χ0v) is 12.5. The molecule has 0 spiro atoms. The molecular weight excluding hydrogens is 210 g/mol. The Kier molecular flexibility index (Phi) is 3.75. The van der Waals surface area contributed by atoms with E-state index in [9.17, 15) is 4.79 Å². The maximum atomic E-state index is 12.3. The van der Waals surface area contributed by atoms with Crippen LogP contribution < -0.4 is 0 Å². The molecule has 2 heteroatoms. The van der Waals surface area contributed by atoms with Gasteiger partial charge in [-0.05, 0) is 37.2 Å². The summed E-state index contributed by atoms with van der Waals surface area (Å²) < 4.78 is 0. The van der Waals surface area contributed by atoms with Gasteiger partial charge in [0.1, 0.15) is 0 Å². The molecule has 0 saturated heterocycles. The molecule has 0 aliphatic heterocycles. The summed E-state index contributed by atoms with van der Waals surface area (Å²) in [5.41, 5.74) is 2.55. The molecule has 0 aromatic heterocycles. The van der Waals surface area contributed by atoms with Crippen molar-refractivity contribution in [3.63, 3.8) is 0 Å². The largest absolute Gasteiger partial charge is 0.319 e. The fraction of sp³-hybridized carbons (Fsp3) is 0.800. The van der Waals surface area contributed by atoms with E-state index in [4.69, 9.17) is 0 Å². The third-order valence-corrected chi connectivity index (χ3v) is 4.01. The number of allylic oxidation sites excluding steroid dienone is 2. The van der Waals surface area contributed by atoms with Crippen LogP contribution in [0.2, 0.25) is 0 Å². The number of amides is 1. The molecule has 0 radical (unpaired) electrons. The van der Waals surface area contributed by atoms with Gasteiger partial charge in [0.15, 0.2) is 0 Å². The van der Waals surface area contributed by atoms with Crippen molar-refractivity contribution in [1.82, 2.24) is 4.90 Å². The summed E-state index contributed by atoms with van der Waals surface area (Å²) in [5.74, 6) is 0.213. The number of nitrogens with zero attached hydrogens (tertiary/aromatic N) is 1. The Morgan fingerprint density at radius 3 is 2.29 bits per heavy atom. The SMILES string of the molecule is CC1=C(N(C)C(=O)C(C)(C)C)CCCC1(C)C. The van der Waals surface area contributed by atoms with Crippen molar-refractivity contribution >= 4 is 5.91 Å². The van der Waals surface area contributed by atoms with Crippen molar-refractivity contribution < 1.29 is 4.79 Å². The molecule has 0 N–H and O–H groups in total. The van der Waals surface area contributed by atoms with Gasteiger partial charge in [0.25, 0.3) is 0 Å². The van der Waals surface area contributed by atoms with E-state index in [1.54, 1.807) is 0 Å². The third kappa shape index (κ3) is 2.91. The first-order valence-electron chi connectivity index (χ1n) is 6.56. The fourth-order valence-corrected chi connectivity index (χ4v) is 2.51. The van der Waals surface area contributed by atoms with Crippen LogP contribution in [0.5, 0.6) is 0 Å². The van der Waals surface area contributed by atoms with E-state index >= 15 is 0 Å². The number of carbonyl (C=O) groups is 1. The highest BCUT2D eigenvalue weighted by atomic mass is 16.2. The summed E-state index contributed by atoms with van der Waals surface area (Å²) in [7, 11) is 1.92. The minimum Gasteiger partial charge on any atom is -0.319 e. The van der Waals surface area contributed by atoms with Crippen LogP contribution in [0, 0.1) is 10.8 Å². The van der Waals surface area contributed by atoms with E-state index < -0.39 is 0 Å². The lowest BCUT2D eigenvalue weighted by atomic mass is 9.74. The summed E-state index contributed by atoms with van der Waals surface area (Å²) in [6.07, 6.45) is 3.44. The number of carbonyl (C=O) groups excluding carboxylic acids is 1. The average Bonchev–Trinajstić information content (AvgIpc) is 2.18. The Morgan fingerprint density at radius 2 is 1.82 bits per heavy atom. The molecule has 0 bridgehead atoms. The van der Waals surface area contributed by atoms with Crippen LogP contribution in [0.25, 0.3) is 0 Å². The van der Waals surface area contributed by atoms with Gasteiger partial charge in [-0.25, -0.2) is 0 Å². The van der Waals surface area contributed by atoms with E-state index in [1.807, 2.05) is 32.7 Å². The lowest BCUT2D eigenvalue weighted by Gasteiger charge is -2.38. The van der Waals surface area contributed by atoms with Gasteiger partial charge in [-0.1, -0.05) is 34.6 Å². The van der Waals surface area contributed by atoms with Crippen LogP contribution in [0.15, 0.2) is 11.3 Å². The second-order valence-electron chi connectivity index (χ2n) is 6.92. The van der Waals surface area contributed by atoms with Gasteiger partial charge in [-0.3, -0.25) is 4.79 Å². The van der Waals surface area contributed by atoms with Crippen LogP contribution in [0.3, 0.4) is 0 Å². The second-order valence-corrected chi connectivity index (χ2v) is 6.92. The summed E-state index contributed by atoms with van der Waals surface area (Å²) >= 11 is 0. The summed E-state index contributed by atoms with van der Waals surface area (Å²) in [6.45, 7) is 12.7. The molecule has 98 valence electrons. The molecule has 0 atom stereocenters. The maximum absolute atomic E-state index is 12.3. The van der Waals surface area contributed by atoms with Gasteiger partial charge in [0.05, 0.1) is 0 Å². The van der Waals surface area contributed by atoms with Crippen molar-refractivity contribution in [2.45, 2.75) is 60.8 Å². The average molecular weight is 237 g/mol. The van der Waals surface area contributed by atoms with Gasteiger partial charge < -0.3 is 4.90 Å². The molecule has 0 aromatic rings. The summed E-state index contributed by atoms with van der Waals surface area (Å²) in [5, 5.41) is 0. The minimum atomic E-state index is -0.302. The first-order chi connectivity index (χ1) is 7.57. The summed E-state index contributed by atoms with van der Waals surface area (Å²) in [4.78, 5) is 14.2. The molecule has 0 unspecified atom stereocenters. The minimum absolute atomic E-state index is 0.213. The lowest BCUT2D eigenvalue weighted by Crippen LogP contribution is -2.38. The summed E-state index contributed by atoms with van der Waals surface area (Å²) in [6, 6.07) is 0. The highest BCUT2D eigenvalue weighted by molar-refractivity contribution is 5.83. The van der Waals surface area contributed by atoms with E-state index in [0.29, 0.717) is 0 Å². The van der Waals surface area contributed by atoms with Gasteiger partial charge in [0.2, 0.25) is 5.91 Å². The van der Waals surface area contributed by atoms with Crippen LogP contribution >= 0.6 is 0 Å². The number of hydrogen-bond donors (Lipinski definition) is 0. The van der Waals surface area contributed by atoms with Crippen LogP contribution in [-0.4, -0.2) is 17.9 Å². The Labute approximate surface area is 106 Å². The lowest BCUT2D eigenvalue weighted by molar-refractivity contribution is -0.136. The molecule has 1 rings (SSSR count). The molecule has 0 aromatic carbocycles. The molecule has 0 heterocycles. The van der Waals surface area contributed by atoms with Gasteiger partial charge in [-0.15, -0.1) is 0 Å². The predicted molar refractivity (Wildman–Crippen MR) is 72.6 cm³/mol. The second kappa shape index (κ2) is 4.47. The third-order valence-electron chi connectivity index (χ3n) is 4.01. The Hall–Kier alpha value is -0.790. The number of rotatable bonds is 1. The molecule has 2 nitrogen and oxygen atoms in total. The normalized spacial score (nSPS) is 20.4. The molecule has 1 aliphatic carbocycles. The first-order valence-corrected chi connectivity index (χ1v) is 6.56. The topological polar surface area (TPSA) is 20.3 Å². The quantitative estimate of drug-likeness (QED) is 0.675. The van der Waals surface area contributed by atoms with Crippen LogP contribution in [0.4, 0.5) is 0 Å². The first kappa shape index (κ1) is 14.3. The number of hydrogen-bond acceptors (Lipinski definition) is 1. The highest BCUT2D eigenvalue weighted by Crippen LogP contribution is 2.41. The molecular formula is C15H27NO. The fourth-order valence-electron chi connectivity index (χ4n) is 2.51. The van der Waals surface area contributed by atoms with E-state index in [1.165, 1.54) is 24.1 Å². The predicted octanol–water partition coefficient (Wildman–Crippen LogP) is 3.98. The molecule has 17 heavy (non-hydrogen) atoms. The Balaban J connectivity index is 3.04. The van der Waals surface area contributed by atoms with E-state index in [2.05, 4.69) is 20.8 Å². The van der Waals surface area contributed by atoms with Crippen molar-refractivity contribution in [3.05, 3.63) is 11.3 Å². The van der Waals surface area contributed by atoms with Gasteiger partial charge >= 0.3 is 0 Å². The van der Waals surface area contributed by atoms with Gasteiger partial charge in [-0.2, -0.15) is 0 Å². The van der Waals surface area contributed by atoms with E-state index in [-0.39, 0.29) is 16.7 Å². The highest BCUT2D eigenvalue weighted by Gasteiger charge is 2.33. The molecule has 1 amide bonds. The van der Waals surface area contributed by atoms with Crippen molar-refractivity contribution in [2.24, 2.45) is 10.8 Å². The molecule has 0 fully saturated rings. The zero-order chi connectivity index (χ0) is 13.4. The Morgan fingerprint density at radius 1 is 1.29 bits per heavy atom. The van der Waals surface area contributed by atoms with Crippen molar-refractivity contribution in [2.75, 3.05) is 7.05 Å². The van der Waals surface area contributed by atoms with Crippen LogP contribution in [0.1, 0.15) is 60.8 Å². The van der Waals surface area contributed by atoms with Crippen molar-refractivity contribution in [3.8, 4) is 0 Å². The van der Waals surface area contributed by atoms with Crippen molar-refractivity contribution in [1.29, 1.82) is 0 Å². The molecule has 0 saturated carbocycles. The smallest absolute Gasteiger partial charge is 0.231 e. The maximum Gasteiger partial charge on any atom is 0.231 e. The monoisotopic (exact) mass is 237 g/mol.